The van der Waals surface area contributed by atoms with Gasteiger partial charge in [0, 0.05) is 37.8 Å². The zero-order valence-corrected chi connectivity index (χ0v) is 14.1. The van der Waals surface area contributed by atoms with Crippen molar-refractivity contribution in [3.63, 3.8) is 0 Å². The smallest absolute Gasteiger partial charge is 0.353 e. The molecule has 0 amide bonds. The Hall–Kier alpha value is -1.75. The summed E-state index contributed by atoms with van der Waals surface area (Å²) in [7, 11) is 1.33. The summed E-state index contributed by atoms with van der Waals surface area (Å²) < 4.78 is 5.67. The van der Waals surface area contributed by atoms with Crippen molar-refractivity contribution in [1.29, 1.82) is 5.41 Å². The summed E-state index contributed by atoms with van der Waals surface area (Å²) in [5.41, 5.74) is -2.06. The van der Waals surface area contributed by atoms with E-state index in [1.807, 2.05) is 0 Å². The zero-order valence-electron chi connectivity index (χ0n) is 12.5. The molecule has 1 aliphatic heterocycles. The van der Waals surface area contributed by atoms with Crippen molar-refractivity contribution < 1.29 is 14.8 Å². The summed E-state index contributed by atoms with van der Waals surface area (Å²) in [5.74, 6) is -0.941. The Morgan fingerprint density at radius 2 is 2.39 bits per heavy atom. The molecule has 1 unspecified atom stereocenters. The highest BCUT2D eigenvalue weighted by Gasteiger charge is 2.53. The van der Waals surface area contributed by atoms with E-state index in [9.17, 15) is 15.2 Å². The predicted octanol–water partition coefficient (Wildman–Crippen LogP) is 1.59. The molecular weight excluding hydrogens is 346 g/mol. The van der Waals surface area contributed by atoms with E-state index in [1.165, 1.54) is 30.3 Å². The molecule has 2 rings (SSSR count). The summed E-state index contributed by atoms with van der Waals surface area (Å²) in [5, 5.41) is 32.1. The second-order valence-corrected chi connectivity index (χ2v) is 6.60. The highest BCUT2D eigenvalue weighted by molar-refractivity contribution is 7.15. The van der Waals surface area contributed by atoms with Crippen molar-refractivity contribution in [2.75, 3.05) is 20.2 Å². The molecule has 126 valence electrons. The number of amidine groups is 1. The van der Waals surface area contributed by atoms with Crippen LogP contribution < -0.4 is 5.32 Å². The van der Waals surface area contributed by atoms with Crippen LogP contribution in [-0.2, 0) is 11.3 Å². The van der Waals surface area contributed by atoms with Gasteiger partial charge in [-0.05, 0) is 6.92 Å². The maximum Gasteiger partial charge on any atom is 0.353 e. The molecule has 1 aromatic rings. The van der Waals surface area contributed by atoms with Crippen LogP contribution in [0.3, 0.4) is 0 Å². The Kier molecular flexibility index (Phi) is 5.19. The van der Waals surface area contributed by atoms with Gasteiger partial charge in [0.25, 0.3) is 0 Å². The molecule has 1 aliphatic rings. The van der Waals surface area contributed by atoms with E-state index in [2.05, 4.69) is 10.3 Å². The van der Waals surface area contributed by atoms with Crippen molar-refractivity contribution in [3.8, 4) is 0 Å². The lowest BCUT2D eigenvalue weighted by atomic mass is 10.2. The summed E-state index contributed by atoms with van der Waals surface area (Å²) in [4.78, 5) is 16.5. The number of rotatable bonds is 7. The summed E-state index contributed by atoms with van der Waals surface area (Å²) >= 11 is 7.10. The predicted molar refractivity (Wildman–Crippen MR) is 85.3 cm³/mol. The summed E-state index contributed by atoms with van der Waals surface area (Å²) in [6, 6.07) is 0. The quantitative estimate of drug-likeness (QED) is 0.382. The van der Waals surface area contributed by atoms with Crippen LogP contribution in [0.15, 0.2) is 17.7 Å². The second-order valence-electron chi connectivity index (χ2n) is 4.90. The molecule has 0 fully saturated rings. The lowest BCUT2D eigenvalue weighted by Crippen LogP contribution is -2.49. The molecule has 0 aromatic carbocycles. The fourth-order valence-electron chi connectivity index (χ4n) is 2.27. The number of aromatic nitrogens is 1. The van der Waals surface area contributed by atoms with E-state index in [-0.39, 0.29) is 12.4 Å². The Bertz CT molecular complexity index is 664. The van der Waals surface area contributed by atoms with Crippen LogP contribution in [0.2, 0.25) is 4.47 Å². The average molecular weight is 362 g/mol. The molecule has 1 atom stereocenters. The Balaban J connectivity index is 1.99. The van der Waals surface area contributed by atoms with Crippen molar-refractivity contribution in [2.45, 2.75) is 19.2 Å². The first kappa shape index (κ1) is 17.6. The third-order valence-corrected chi connectivity index (χ3v) is 4.70. The van der Waals surface area contributed by atoms with Crippen molar-refractivity contribution in [1.82, 2.24) is 15.2 Å². The van der Waals surface area contributed by atoms with Gasteiger partial charge in [-0.15, -0.1) is 11.3 Å². The normalized spacial score (nSPS) is 21.3. The highest BCUT2D eigenvalue weighted by Crippen LogP contribution is 2.34. The van der Waals surface area contributed by atoms with Gasteiger partial charge >= 0.3 is 5.70 Å². The fourth-order valence-corrected chi connectivity index (χ4v) is 3.22. The molecule has 0 radical (unpaired) electrons. The zero-order chi connectivity index (χ0) is 17.2. The van der Waals surface area contributed by atoms with Crippen LogP contribution in [0.1, 0.15) is 11.8 Å². The maximum atomic E-state index is 11.0. The third-order valence-electron chi connectivity index (χ3n) is 3.59. The van der Waals surface area contributed by atoms with Gasteiger partial charge in [-0.2, -0.15) is 0 Å². The fraction of sp³-hybridized carbons (Fsp3) is 0.500. The molecule has 2 heterocycles. The number of methoxy groups -OCH3 is 1. The minimum absolute atomic E-state index is 0.247. The molecule has 0 saturated heterocycles. The monoisotopic (exact) mass is 361 g/mol. The molecule has 9 nitrogen and oxygen atoms in total. The first-order valence-electron chi connectivity index (χ1n) is 6.62. The molecular formula is C12H16ClN5O4S. The molecule has 1 aromatic heterocycles. The van der Waals surface area contributed by atoms with Crippen LogP contribution in [0, 0.1) is 15.5 Å². The number of halogens is 1. The topological polar surface area (TPSA) is 125 Å². The third kappa shape index (κ3) is 3.29. The number of aliphatic hydroxyl groups is 1. The van der Waals surface area contributed by atoms with E-state index in [0.717, 1.165) is 4.88 Å². The average Bonchev–Trinajstić information content (AvgIpc) is 2.98. The number of thiazole rings is 1. The number of hydrogen-bond donors (Lipinski definition) is 3. The molecule has 0 aliphatic carbocycles. The Morgan fingerprint density at radius 3 is 2.91 bits per heavy atom. The number of aliphatic hydroxyl groups excluding tert-OH is 1. The standard InChI is InChI=1S/C12H16ClN5O4S/c1-12(22-2)9(19)8(18(20)21)10(14)17(12)4-3-15-5-7-6-16-11(13)23-7/h6,14-15,19H,3-5H2,1-2H3. The Morgan fingerprint density at radius 1 is 1.70 bits per heavy atom. The molecule has 23 heavy (non-hydrogen) atoms. The SMILES string of the molecule is COC1(C)C(O)=C([N+](=O)[O-])C(=N)N1CCNCc1cnc(Cl)s1. The highest BCUT2D eigenvalue weighted by atomic mass is 35.5. The number of nitrogens with zero attached hydrogens (tertiary/aromatic N) is 3. The van der Waals surface area contributed by atoms with E-state index in [1.54, 1.807) is 6.20 Å². The number of ether oxygens (including phenoxy) is 1. The van der Waals surface area contributed by atoms with Crippen molar-refractivity contribution in [2.24, 2.45) is 0 Å². The van der Waals surface area contributed by atoms with Gasteiger partial charge in [-0.3, -0.25) is 15.5 Å². The molecule has 0 spiro atoms. The molecule has 3 N–H and O–H groups in total. The molecule has 0 bridgehead atoms. The van der Waals surface area contributed by atoms with Gasteiger partial charge in [-0.1, -0.05) is 11.6 Å². The lowest BCUT2D eigenvalue weighted by molar-refractivity contribution is -0.418. The van der Waals surface area contributed by atoms with E-state index in [0.29, 0.717) is 17.6 Å². The Labute approximate surface area is 141 Å². The summed E-state index contributed by atoms with van der Waals surface area (Å²) in [6.07, 6.45) is 1.66. The second kappa shape index (κ2) is 6.79. The van der Waals surface area contributed by atoms with Crippen molar-refractivity contribution >= 4 is 28.8 Å². The van der Waals surface area contributed by atoms with Gasteiger partial charge in [0.1, 0.15) is 0 Å². The van der Waals surface area contributed by atoms with Crippen LogP contribution in [0.25, 0.3) is 0 Å². The van der Waals surface area contributed by atoms with E-state index in [4.69, 9.17) is 21.7 Å². The number of hydrogen-bond acceptors (Lipinski definition) is 8. The number of nitro groups is 1. The van der Waals surface area contributed by atoms with Gasteiger partial charge in [0.15, 0.2) is 4.47 Å². The van der Waals surface area contributed by atoms with Crippen LogP contribution in [0.4, 0.5) is 0 Å². The molecule has 11 heteroatoms. The summed E-state index contributed by atoms with van der Waals surface area (Å²) in [6.45, 7) is 2.69. The van der Waals surface area contributed by atoms with Crippen LogP contribution in [0.5, 0.6) is 0 Å². The van der Waals surface area contributed by atoms with E-state index >= 15 is 0 Å². The van der Waals surface area contributed by atoms with Crippen LogP contribution in [-0.4, -0.2) is 51.7 Å². The van der Waals surface area contributed by atoms with Gasteiger partial charge < -0.3 is 20.1 Å². The first-order valence-corrected chi connectivity index (χ1v) is 7.81. The van der Waals surface area contributed by atoms with Gasteiger partial charge in [0.05, 0.1) is 4.92 Å². The van der Waals surface area contributed by atoms with Crippen molar-refractivity contribution in [3.05, 3.63) is 37.1 Å². The largest absolute Gasteiger partial charge is 0.502 e. The number of nitrogens with one attached hydrogen (secondary N) is 2. The minimum Gasteiger partial charge on any atom is -0.502 e. The lowest BCUT2D eigenvalue weighted by Gasteiger charge is -2.34. The molecule has 0 saturated carbocycles. The van der Waals surface area contributed by atoms with E-state index < -0.39 is 22.1 Å². The maximum absolute atomic E-state index is 11.0. The van der Waals surface area contributed by atoms with Gasteiger partial charge in [-0.25, -0.2) is 4.98 Å². The first-order chi connectivity index (χ1) is 10.8. The minimum atomic E-state index is -1.42. The van der Waals surface area contributed by atoms with Gasteiger partial charge in [0.2, 0.25) is 17.3 Å². The van der Waals surface area contributed by atoms with Crippen LogP contribution >= 0.6 is 22.9 Å².